The summed E-state index contributed by atoms with van der Waals surface area (Å²) in [7, 11) is 0. The van der Waals surface area contributed by atoms with Gasteiger partial charge < -0.3 is 10.5 Å². The number of unbranched alkanes of at least 4 members (excludes halogenated alkanes) is 1. The first-order chi connectivity index (χ1) is 9.61. The number of hydrogen-bond acceptors (Lipinski definition) is 3. The van der Waals surface area contributed by atoms with E-state index in [9.17, 15) is 0 Å². The van der Waals surface area contributed by atoms with E-state index >= 15 is 0 Å². The smallest absolute Gasteiger partial charge is 0.233 e. The molecule has 0 aliphatic heterocycles. The van der Waals surface area contributed by atoms with Crippen LogP contribution < -0.4 is 10.5 Å². The highest BCUT2D eigenvalue weighted by Crippen LogP contribution is 2.25. The molecule has 0 aliphatic carbocycles. The summed E-state index contributed by atoms with van der Waals surface area (Å²) in [5.41, 5.74) is 7.26. The SMILES string of the molecule is Cc1cc(OCCCCN)nn1-c1ccc(Cl)c(Cl)c1. The second-order valence-corrected chi connectivity index (χ2v) is 5.29. The van der Waals surface area contributed by atoms with Gasteiger partial charge >= 0.3 is 0 Å². The summed E-state index contributed by atoms with van der Waals surface area (Å²) in [6, 6.07) is 7.29. The minimum atomic E-state index is 0.504. The zero-order valence-corrected chi connectivity index (χ0v) is 12.8. The molecule has 4 nitrogen and oxygen atoms in total. The fourth-order valence-electron chi connectivity index (χ4n) is 1.82. The van der Waals surface area contributed by atoms with Gasteiger partial charge in [0.05, 0.1) is 22.3 Å². The number of nitrogens with zero attached hydrogens (tertiary/aromatic N) is 2. The number of nitrogens with two attached hydrogens (primary N) is 1. The maximum absolute atomic E-state index is 6.03. The van der Waals surface area contributed by atoms with Crippen LogP contribution in [0.15, 0.2) is 24.3 Å². The Bertz CT molecular complexity index is 584. The monoisotopic (exact) mass is 313 g/mol. The Hall–Kier alpha value is -1.23. The van der Waals surface area contributed by atoms with E-state index in [0.717, 1.165) is 24.2 Å². The van der Waals surface area contributed by atoms with E-state index in [0.29, 0.717) is 29.1 Å². The zero-order valence-electron chi connectivity index (χ0n) is 11.3. The third-order valence-corrected chi connectivity index (χ3v) is 3.60. The molecule has 0 unspecified atom stereocenters. The Morgan fingerprint density at radius 2 is 2.00 bits per heavy atom. The molecule has 20 heavy (non-hydrogen) atoms. The van der Waals surface area contributed by atoms with Crippen molar-refractivity contribution in [1.29, 1.82) is 0 Å². The zero-order chi connectivity index (χ0) is 14.5. The molecular formula is C14H17Cl2N3O. The number of benzene rings is 1. The van der Waals surface area contributed by atoms with Crippen molar-refractivity contribution in [3.05, 3.63) is 40.0 Å². The molecule has 0 saturated heterocycles. The van der Waals surface area contributed by atoms with E-state index in [2.05, 4.69) is 5.10 Å². The molecule has 1 aromatic heterocycles. The fourth-order valence-corrected chi connectivity index (χ4v) is 2.11. The highest BCUT2D eigenvalue weighted by atomic mass is 35.5. The lowest BCUT2D eigenvalue weighted by Gasteiger charge is -2.05. The molecule has 0 radical (unpaired) electrons. The molecular weight excluding hydrogens is 297 g/mol. The highest BCUT2D eigenvalue weighted by Gasteiger charge is 2.08. The van der Waals surface area contributed by atoms with Gasteiger partial charge in [-0.15, -0.1) is 5.10 Å². The molecule has 0 saturated carbocycles. The van der Waals surface area contributed by atoms with Crippen molar-refractivity contribution in [1.82, 2.24) is 9.78 Å². The lowest BCUT2D eigenvalue weighted by molar-refractivity contribution is 0.294. The van der Waals surface area contributed by atoms with Crippen LogP contribution in [-0.2, 0) is 0 Å². The topological polar surface area (TPSA) is 53.1 Å². The molecule has 0 bridgehead atoms. The van der Waals surface area contributed by atoms with Crippen LogP contribution in [0, 0.1) is 6.92 Å². The number of ether oxygens (including phenoxy) is 1. The molecule has 1 aromatic carbocycles. The molecule has 0 aliphatic rings. The number of hydrogen-bond donors (Lipinski definition) is 1. The lowest BCUT2D eigenvalue weighted by Crippen LogP contribution is -2.04. The minimum absolute atomic E-state index is 0.504. The van der Waals surface area contributed by atoms with Gasteiger partial charge in [0.25, 0.3) is 0 Å². The largest absolute Gasteiger partial charge is 0.477 e. The standard InChI is InChI=1S/C14H17Cl2N3O/c1-10-8-14(20-7-3-2-6-17)18-19(10)11-4-5-12(15)13(16)9-11/h4-5,8-9H,2-3,6-7,17H2,1H3. The first kappa shape index (κ1) is 15.2. The van der Waals surface area contributed by atoms with Crippen LogP contribution in [0.4, 0.5) is 0 Å². The van der Waals surface area contributed by atoms with Crippen LogP contribution in [0.1, 0.15) is 18.5 Å². The fraction of sp³-hybridized carbons (Fsp3) is 0.357. The van der Waals surface area contributed by atoms with Gasteiger partial charge in [0.2, 0.25) is 5.88 Å². The van der Waals surface area contributed by atoms with Crippen molar-refractivity contribution in [2.45, 2.75) is 19.8 Å². The minimum Gasteiger partial charge on any atom is -0.477 e. The summed E-state index contributed by atoms with van der Waals surface area (Å²) in [4.78, 5) is 0. The number of rotatable bonds is 6. The molecule has 2 aromatic rings. The third-order valence-electron chi connectivity index (χ3n) is 2.86. The molecule has 108 valence electrons. The molecule has 0 spiro atoms. The van der Waals surface area contributed by atoms with Gasteiger partial charge in [-0.25, -0.2) is 4.68 Å². The second-order valence-electron chi connectivity index (χ2n) is 4.48. The van der Waals surface area contributed by atoms with Gasteiger partial charge in [-0.3, -0.25) is 0 Å². The molecule has 0 amide bonds. The molecule has 0 fully saturated rings. The maximum atomic E-state index is 6.03. The van der Waals surface area contributed by atoms with Crippen LogP contribution in [0.2, 0.25) is 10.0 Å². The maximum Gasteiger partial charge on any atom is 0.233 e. The summed E-state index contributed by atoms with van der Waals surface area (Å²) < 4.78 is 7.38. The van der Waals surface area contributed by atoms with E-state index in [-0.39, 0.29) is 0 Å². The van der Waals surface area contributed by atoms with Gasteiger partial charge in [0, 0.05) is 11.8 Å². The summed E-state index contributed by atoms with van der Waals surface area (Å²) in [6.45, 7) is 3.26. The van der Waals surface area contributed by atoms with Crippen molar-refractivity contribution >= 4 is 23.2 Å². The van der Waals surface area contributed by atoms with Crippen LogP contribution in [-0.4, -0.2) is 22.9 Å². The van der Waals surface area contributed by atoms with E-state index < -0.39 is 0 Å². The van der Waals surface area contributed by atoms with Crippen molar-refractivity contribution in [2.24, 2.45) is 5.73 Å². The molecule has 1 heterocycles. The van der Waals surface area contributed by atoms with Crippen LogP contribution in [0.25, 0.3) is 5.69 Å². The van der Waals surface area contributed by atoms with Crippen molar-refractivity contribution in [3.8, 4) is 11.6 Å². The van der Waals surface area contributed by atoms with Crippen LogP contribution >= 0.6 is 23.2 Å². The van der Waals surface area contributed by atoms with Crippen molar-refractivity contribution < 1.29 is 4.74 Å². The third kappa shape index (κ3) is 3.66. The van der Waals surface area contributed by atoms with E-state index in [1.807, 2.05) is 19.1 Å². The summed E-state index contributed by atoms with van der Waals surface area (Å²) >= 11 is 11.9. The average molecular weight is 314 g/mol. The van der Waals surface area contributed by atoms with E-state index in [4.69, 9.17) is 33.7 Å². The number of aryl methyl sites for hydroxylation is 1. The summed E-state index contributed by atoms with van der Waals surface area (Å²) in [5, 5.41) is 5.44. The Morgan fingerprint density at radius 1 is 1.20 bits per heavy atom. The molecule has 6 heteroatoms. The predicted molar refractivity (Wildman–Crippen MR) is 82.1 cm³/mol. The molecule has 2 N–H and O–H groups in total. The van der Waals surface area contributed by atoms with Crippen LogP contribution in [0.5, 0.6) is 5.88 Å². The average Bonchev–Trinajstić information content (AvgIpc) is 2.79. The van der Waals surface area contributed by atoms with E-state index in [1.165, 1.54) is 0 Å². The number of aromatic nitrogens is 2. The summed E-state index contributed by atoms with van der Waals surface area (Å²) in [6.07, 6.45) is 1.88. The van der Waals surface area contributed by atoms with Gasteiger partial charge in [0.15, 0.2) is 0 Å². The van der Waals surface area contributed by atoms with Crippen molar-refractivity contribution in [2.75, 3.05) is 13.2 Å². The van der Waals surface area contributed by atoms with Crippen molar-refractivity contribution in [3.63, 3.8) is 0 Å². The second kappa shape index (κ2) is 6.97. The van der Waals surface area contributed by atoms with Gasteiger partial charge in [-0.2, -0.15) is 0 Å². The Morgan fingerprint density at radius 3 is 2.70 bits per heavy atom. The first-order valence-corrected chi connectivity index (χ1v) is 7.22. The predicted octanol–water partition coefficient (Wildman–Crippen LogP) is 3.61. The van der Waals surface area contributed by atoms with Gasteiger partial charge in [0.1, 0.15) is 0 Å². The highest BCUT2D eigenvalue weighted by molar-refractivity contribution is 6.42. The quantitative estimate of drug-likeness (QED) is 0.829. The van der Waals surface area contributed by atoms with Crippen LogP contribution in [0.3, 0.4) is 0 Å². The first-order valence-electron chi connectivity index (χ1n) is 6.47. The molecule has 2 rings (SSSR count). The number of halogens is 2. The molecule has 0 atom stereocenters. The lowest BCUT2D eigenvalue weighted by atomic mass is 10.3. The Kier molecular flexibility index (Phi) is 5.29. The summed E-state index contributed by atoms with van der Waals surface area (Å²) in [5.74, 6) is 0.602. The Labute approximate surface area is 128 Å². The van der Waals surface area contributed by atoms with Gasteiger partial charge in [-0.05, 0) is 44.5 Å². The van der Waals surface area contributed by atoms with Gasteiger partial charge in [-0.1, -0.05) is 23.2 Å². The normalized spacial score (nSPS) is 10.8. The van der Waals surface area contributed by atoms with E-state index in [1.54, 1.807) is 16.8 Å². The Balaban J connectivity index is 2.12.